The molecular weight excluding hydrogens is 238 g/mol. The summed E-state index contributed by atoms with van der Waals surface area (Å²) in [6.07, 6.45) is 4.58. The summed E-state index contributed by atoms with van der Waals surface area (Å²) in [5.41, 5.74) is 6.90. The zero-order valence-corrected chi connectivity index (χ0v) is 12.1. The number of rotatable bonds is 6. The van der Waals surface area contributed by atoms with Crippen LogP contribution in [0.5, 0.6) is 0 Å². The van der Waals surface area contributed by atoms with E-state index in [0.717, 1.165) is 43.1 Å². The molecule has 0 atom stereocenters. The van der Waals surface area contributed by atoms with Gasteiger partial charge in [-0.05, 0) is 39.3 Å². The molecule has 2 heterocycles. The van der Waals surface area contributed by atoms with Crippen LogP contribution in [0.2, 0.25) is 0 Å². The van der Waals surface area contributed by atoms with Crippen molar-refractivity contribution in [2.75, 3.05) is 37.2 Å². The molecule has 3 N–H and O–H groups in total. The van der Waals surface area contributed by atoms with Crippen molar-refractivity contribution >= 4 is 11.6 Å². The molecule has 1 aromatic rings. The third-order valence-corrected chi connectivity index (χ3v) is 3.62. The van der Waals surface area contributed by atoms with E-state index in [9.17, 15) is 0 Å². The number of likely N-dealkylation sites (tertiary alicyclic amines) is 1. The zero-order valence-electron chi connectivity index (χ0n) is 12.1. The Morgan fingerprint density at radius 3 is 2.68 bits per heavy atom. The highest BCUT2D eigenvalue weighted by Gasteiger charge is 2.12. The van der Waals surface area contributed by atoms with E-state index in [0.29, 0.717) is 5.82 Å². The molecule has 0 bridgehead atoms. The van der Waals surface area contributed by atoms with Crippen LogP contribution < -0.4 is 11.1 Å². The summed E-state index contributed by atoms with van der Waals surface area (Å²) in [6, 6.07) is 0. The van der Waals surface area contributed by atoms with Crippen LogP contribution in [0.15, 0.2) is 0 Å². The molecule has 5 heteroatoms. The van der Waals surface area contributed by atoms with Gasteiger partial charge >= 0.3 is 0 Å². The van der Waals surface area contributed by atoms with E-state index in [2.05, 4.69) is 27.1 Å². The molecule has 0 spiro atoms. The summed E-state index contributed by atoms with van der Waals surface area (Å²) in [4.78, 5) is 11.4. The molecule has 1 aliphatic heterocycles. The SMILES string of the molecule is CCCc1nc(N)c(C)c(NCCN2CCCC2)n1. The Labute approximate surface area is 115 Å². The fourth-order valence-electron chi connectivity index (χ4n) is 2.43. The van der Waals surface area contributed by atoms with Crippen molar-refractivity contribution in [1.82, 2.24) is 14.9 Å². The number of nitrogens with two attached hydrogens (primary N) is 1. The third kappa shape index (κ3) is 3.80. The fraction of sp³-hybridized carbons (Fsp3) is 0.714. The Balaban J connectivity index is 1.93. The zero-order chi connectivity index (χ0) is 13.7. The number of nitrogens with zero attached hydrogens (tertiary/aromatic N) is 3. The monoisotopic (exact) mass is 263 g/mol. The van der Waals surface area contributed by atoms with E-state index in [4.69, 9.17) is 5.73 Å². The van der Waals surface area contributed by atoms with Crippen molar-refractivity contribution in [3.05, 3.63) is 11.4 Å². The van der Waals surface area contributed by atoms with Gasteiger partial charge in [0.05, 0.1) is 0 Å². The molecule has 0 saturated carbocycles. The molecule has 5 nitrogen and oxygen atoms in total. The van der Waals surface area contributed by atoms with Crippen molar-refractivity contribution in [1.29, 1.82) is 0 Å². The smallest absolute Gasteiger partial charge is 0.134 e. The Kier molecular flexibility index (Phi) is 4.96. The number of nitrogen functional groups attached to an aromatic ring is 1. The molecule has 1 aliphatic rings. The van der Waals surface area contributed by atoms with Gasteiger partial charge in [0.2, 0.25) is 0 Å². The molecule has 0 aliphatic carbocycles. The van der Waals surface area contributed by atoms with E-state index >= 15 is 0 Å². The Hall–Kier alpha value is -1.36. The molecule has 0 unspecified atom stereocenters. The van der Waals surface area contributed by atoms with Crippen LogP contribution in [0.25, 0.3) is 0 Å². The van der Waals surface area contributed by atoms with Crippen LogP contribution >= 0.6 is 0 Å². The van der Waals surface area contributed by atoms with Gasteiger partial charge in [0.25, 0.3) is 0 Å². The fourth-order valence-corrected chi connectivity index (χ4v) is 2.43. The van der Waals surface area contributed by atoms with Crippen LogP contribution in [-0.4, -0.2) is 41.0 Å². The molecule has 1 fully saturated rings. The molecule has 2 rings (SSSR count). The van der Waals surface area contributed by atoms with Gasteiger partial charge in [-0.15, -0.1) is 0 Å². The summed E-state index contributed by atoms with van der Waals surface area (Å²) in [6.45, 7) is 8.56. The lowest BCUT2D eigenvalue weighted by Crippen LogP contribution is -2.26. The highest BCUT2D eigenvalue weighted by atomic mass is 15.2. The third-order valence-electron chi connectivity index (χ3n) is 3.62. The second-order valence-corrected chi connectivity index (χ2v) is 5.22. The normalized spacial score (nSPS) is 15.9. The topological polar surface area (TPSA) is 67.1 Å². The average molecular weight is 263 g/mol. The van der Waals surface area contributed by atoms with Gasteiger partial charge in [-0.3, -0.25) is 0 Å². The lowest BCUT2D eigenvalue weighted by Gasteiger charge is -2.16. The number of nitrogens with one attached hydrogen (secondary N) is 1. The summed E-state index contributed by atoms with van der Waals surface area (Å²) in [5, 5.41) is 3.41. The average Bonchev–Trinajstić information content (AvgIpc) is 2.88. The molecule has 0 radical (unpaired) electrons. The molecular formula is C14H25N5. The lowest BCUT2D eigenvalue weighted by atomic mass is 10.2. The number of aryl methyl sites for hydroxylation is 1. The number of hydrogen-bond acceptors (Lipinski definition) is 5. The molecule has 1 saturated heterocycles. The van der Waals surface area contributed by atoms with Crippen LogP contribution in [0.4, 0.5) is 11.6 Å². The van der Waals surface area contributed by atoms with Gasteiger partial charge in [0.15, 0.2) is 0 Å². The number of aromatic nitrogens is 2. The van der Waals surface area contributed by atoms with Crippen LogP contribution in [0.1, 0.15) is 37.6 Å². The molecule has 0 amide bonds. The first-order chi connectivity index (χ1) is 9.20. The van der Waals surface area contributed by atoms with Crippen LogP contribution in [0, 0.1) is 6.92 Å². The largest absolute Gasteiger partial charge is 0.383 e. The summed E-state index contributed by atoms with van der Waals surface area (Å²) in [7, 11) is 0. The first kappa shape index (κ1) is 14.1. The molecule has 1 aromatic heterocycles. The van der Waals surface area contributed by atoms with Gasteiger partial charge < -0.3 is 16.0 Å². The quantitative estimate of drug-likeness (QED) is 0.819. The summed E-state index contributed by atoms with van der Waals surface area (Å²) in [5.74, 6) is 2.34. The van der Waals surface area contributed by atoms with E-state index in [1.165, 1.54) is 25.9 Å². The Morgan fingerprint density at radius 2 is 2.00 bits per heavy atom. The van der Waals surface area contributed by atoms with Crippen LogP contribution in [0.3, 0.4) is 0 Å². The highest BCUT2D eigenvalue weighted by molar-refractivity contribution is 5.54. The van der Waals surface area contributed by atoms with Gasteiger partial charge in [-0.25, -0.2) is 9.97 Å². The standard InChI is InChI=1S/C14H25N5/c1-3-6-12-17-13(15)11(2)14(18-12)16-7-10-19-8-4-5-9-19/h3-10H2,1-2H3,(H3,15,16,17,18). The first-order valence-electron chi connectivity index (χ1n) is 7.30. The Bertz CT molecular complexity index is 413. The maximum Gasteiger partial charge on any atom is 0.134 e. The molecule has 0 aromatic carbocycles. The van der Waals surface area contributed by atoms with E-state index in [1.54, 1.807) is 0 Å². The second-order valence-electron chi connectivity index (χ2n) is 5.22. The minimum absolute atomic E-state index is 0.599. The first-order valence-corrected chi connectivity index (χ1v) is 7.30. The summed E-state index contributed by atoms with van der Waals surface area (Å²) < 4.78 is 0. The number of anilines is 2. The lowest BCUT2D eigenvalue weighted by molar-refractivity contribution is 0.352. The van der Waals surface area contributed by atoms with Gasteiger partial charge in [-0.2, -0.15) is 0 Å². The predicted octanol–water partition coefficient (Wildman–Crippen LogP) is 1.83. The van der Waals surface area contributed by atoms with Crippen molar-refractivity contribution in [3.63, 3.8) is 0 Å². The van der Waals surface area contributed by atoms with E-state index < -0.39 is 0 Å². The second kappa shape index (κ2) is 6.70. The predicted molar refractivity (Wildman–Crippen MR) is 79.3 cm³/mol. The van der Waals surface area contributed by atoms with Gasteiger partial charge in [-0.1, -0.05) is 6.92 Å². The molecule has 19 heavy (non-hydrogen) atoms. The minimum Gasteiger partial charge on any atom is -0.383 e. The minimum atomic E-state index is 0.599. The Morgan fingerprint density at radius 1 is 1.26 bits per heavy atom. The van der Waals surface area contributed by atoms with Gasteiger partial charge in [0.1, 0.15) is 17.5 Å². The van der Waals surface area contributed by atoms with Crippen molar-refractivity contribution < 1.29 is 0 Å². The van der Waals surface area contributed by atoms with Crippen molar-refractivity contribution in [2.24, 2.45) is 0 Å². The highest BCUT2D eigenvalue weighted by Crippen LogP contribution is 2.17. The number of hydrogen-bond donors (Lipinski definition) is 2. The van der Waals surface area contributed by atoms with Crippen LogP contribution in [-0.2, 0) is 6.42 Å². The summed E-state index contributed by atoms with van der Waals surface area (Å²) >= 11 is 0. The van der Waals surface area contributed by atoms with Gasteiger partial charge in [0, 0.05) is 25.1 Å². The maximum atomic E-state index is 5.94. The molecule has 106 valence electrons. The van der Waals surface area contributed by atoms with Crippen molar-refractivity contribution in [2.45, 2.75) is 39.5 Å². The maximum absolute atomic E-state index is 5.94. The van der Waals surface area contributed by atoms with Crippen molar-refractivity contribution in [3.8, 4) is 0 Å². The van der Waals surface area contributed by atoms with E-state index in [1.807, 2.05) is 6.92 Å². The van der Waals surface area contributed by atoms with E-state index in [-0.39, 0.29) is 0 Å².